The van der Waals surface area contributed by atoms with Crippen LogP contribution >= 0.6 is 11.6 Å². The van der Waals surface area contributed by atoms with Gasteiger partial charge in [0.25, 0.3) is 0 Å². The summed E-state index contributed by atoms with van der Waals surface area (Å²) in [5.41, 5.74) is 0.908. The molecule has 4 atom stereocenters. The van der Waals surface area contributed by atoms with Crippen LogP contribution in [-0.2, 0) is 9.47 Å². The Morgan fingerprint density at radius 1 is 1.13 bits per heavy atom. The van der Waals surface area contributed by atoms with E-state index in [1.165, 1.54) is 0 Å². The lowest BCUT2D eigenvalue weighted by molar-refractivity contribution is 0.0988. The minimum atomic E-state index is -0.553. The van der Waals surface area contributed by atoms with Crippen LogP contribution in [0.2, 0.25) is 5.02 Å². The summed E-state index contributed by atoms with van der Waals surface area (Å²) in [6, 6.07) is 12.0. The van der Waals surface area contributed by atoms with Gasteiger partial charge in [-0.2, -0.15) is 9.97 Å². The van der Waals surface area contributed by atoms with Gasteiger partial charge in [0.05, 0.1) is 12.0 Å². The molecule has 5 heterocycles. The summed E-state index contributed by atoms with van der Waals surface area (Å²) in [4.78, 5) is 30.5. The molecule has 2 N–H and O–H groups in total. The molecule has 46 heavy (non-hydrogen) atoms. The first-order valence-corrected chi connectivity index (χ1v) is 16.1. The molecule has 2 aromatic heterocycles. The fourth-order valence-corrected chi connectivity index (χ4v) is 7.19. The van der Waals surface area contributed by atoms with E-state index < -0.39 is 11.9 Å². The summed E-state index contributed by atoms with van der Waals surface area (Å²) in [7, 11) is 3.53. The number of likely N-dealkylation sites (N-methyl/N-ethyl adjacent to an activating group) is 1. The van der Waals surface area contributed by atoms with E-state index in [1.54, 1.807) is 19.4 Å². The molecular weight excluding hydrogens is 613 g/mol. The Hall–Kier alpha value is -3.84. The van der Waals surface area contributed by atoms with E-state index in [4.69, 9.17) is 30.8 Å². The zero-order chi connectivity index (χ0) is 31.8. The number of likely N-dealkylation sites (tertiary alicyclic amines) is 1. The number of anilines is 1. The van der Waals surface area contributed by atoms with Gasteiger partial charge in [-0.25, -0.2) is 9.18 Å². The fraction of sp³-hybridized carbons (Fsp3) is 0.455. The maximum atomic E-state index is 16.6. The third-order valence-corrected chi connectivity index (χ3v) is 9.49. The number of amides is 1. The predicted molar refractivity (Wildman–Crippen MR) is 174 cm³/mol. The van der Waals surface area contributed by atoms with Crippen LogP contribution in [0.15, 0.2) is 42.6 Å². The third kappa shape index (κ3) is 6.14. The molecule has 3 aliphatic heterocycles. The highest BCUT2D eigenvalue weighted by molar-refractivity contribution is 6.36. The number of methoxy groups -OCH3 is 1. The number of piperazine rings is 1. The monoisotopic (exact) mass is 649 g/mol. The lowest BCUT2D eigenvalue weighted by Crippen LogP contribution is -2.51. The maximum Gasteiger partial charge on any atom is 0.407 e. The van der Waals surface area contributed by atoms with Gasteiger partial charge >= 0.3 is 12.1 Å². The van der Waals surface area contributed by atoms with Gasteiger partial charge < -0.3 is 29.7 Å². The van der Waals surface area contributed by atoms with Crippen molar-refractivity contribution in [1.82, 2.24) is 30.5 Å². The summed E-state index contributed by atoms with van der Waals surface area (Å²) in [5.74, 6) is 0.0588. The number of nitrogens with one attached hydrogen (secondary N) is 2. The number of carbonyl (C=O) groups is 1. The van der Waals surface area contributed by atoms with Crippen molar-refractivity contribution < 1.29 is 23.4 Å². The summed E-state index contributed by atoms with van der Waals surface area (Å²) in [5, 5.41) is 9.01. The number of hydrogen-bond acceptors (Lipinski definition) is 10. The fourth-order valence-electron chi connectivity index (χ4n) is 6.91. The van der Waals surface area contributed by atoms with Crippen LogP contribution in [-0.4, -0.2) is 104 Å². The number of ether oxygens (including phenoxy) is 3. The molecule has 2 bridgehead atoms. The van der Waals surface area contributed by atoms with Crippen molar-refractivity contribution in [1.29, 1.82) is 0 Å². The number of pyridine rings is 1. The van der Waals surface area contributed by atoms with Crippen molar-refractivity contribution in [3.63, 3.8) is 0 Å². The SMILES string of the molecule is COCCNC(=O)O[C@@H]1C[C@@H](COc2nc(N3C[C@H]4CC[C@@H](C3)N4)c3cnc(-c4cccc5cccc(Cl)c45)c(F)c3n2)N(C)C1. The molecule has 3 aliphatic rings. The van der Waals surface area contributed by atoms with Crippen molar-refractivity contribution in [3.8, 4) is 17.3 Å². The molecule has 4 aromatic rings. The highest BCUT2D eigenvalue weighted by atomic mass is 35.5. The Kier molecular flexibility index (Phi) is 8.78. The lowest BCUT2D eigenvalue weighted by atomic mass is 10.0. The molecule has 11 nitrogen and oxygen atoms in total. The molecule has 0 unspecified atom stereocenters. The molecule has 0 radical (unpaired) electrons. The molecule has 3 fully saturated rings. The standard InChI is InChI=1S/C33H37ClFN7O4/c1-41-17-23(46-33(43)36-11-12-44-2)13-22(41)18-45-32-39-30-25(31(40-32)42-15-20-9-10-21(16-42)38-20)14-37-29(28(30)35)24-7-3-5-19-6-4-8-26(34)27(19)24/h3-8,14,20-23,38H,9-13,15-18H2,1-2H3,(H,36,43)/t20-,21+,22-,23+/m0/s1. The van der Waals surface area contributed by atoms with E-state index in [9.17, 15) is 4.79 Å². The van der Waals surface area contributed by atoms with Crippen LogP contribution in [0.3, 0.4) is 0 Å². The second-order valence-electron chi connectivity index (χ2n) is 12.3. The molecule has 2 aromatic carbocycles. The number of hydrogen-bond donors (Lipinski definition) is 2. The average Bonchev–Trinajstić information content (AvgIpc) is 3.58. The smallest absolute Gasteiger partial charge is 0.407 e. The van der Waals surface area contributed by atoms with Crippen LogP contribution in [0.1, 0.15) is 19.3 Å². The Labute approximate surface area is 271 Å². The molecular formula is C33H37ClFN7O4. The van der Waals surface area contributed by atoms with Gasteiger partial charge in [0, 0.05) is 80.0 Å². The van der Waals surface area contributed by atoms with Crippen molar-refractivity contribution in [3.05, 3.63) is 53.4 Å². The highest BCUT2D eigenvalue weighted by Gasteiger charge is 2.35. The highest BCUT2D eigenvalue weighted by Crippen LogP contribution is 2.38. The molecule has 1 amide bonds. The predicted octanol–water partition coefficient (Wildman–Crippen LogP) is 4.40. The zero-order valence-electron chi connectivity index (χ0n) is 25.8. The Morgan fingerprint density at radius 3 is 2.70 bits per heavy atom. The van der Waals surface area contributed by atoms with Crippen LogP contribution in [0.25, 0.3) is 32.9 Å². The number of fused-ring (bicyclic) bond motifs is 4. The van der Waals surface area contributed by atoms with Crippen molar-refractivity contribution in [2.75, 3.05) is 58.5 Å². The van der Waals surface area contributed by atoms with Gasteiger partial charge in [0.15, 0.2) is 5.82 Å². The average molecular weight is 650 g/mol. The Morgan fingerprint density at radius 2 is 1.91 bits per heavy atom. The van der Waals surface area contributed by atoms with Crippen molar-refractivity contribution in [2.45, 2.75) is 43.5 Å². The van der Waals surface area contributed by atoms with E-state index in [0.717, 1.165) is 36.7 Å². The molecule has 0 saturated carbocycles. The van der Waals surface area contributed by atoms with Crippen LogP contribution in [0, 0.1) is 5.82 Å². The summed E-state index contributed by atoms with van der Waals surface area (Å²) >= 11 is 6.60. The van der Waals surface area contributed by atoms with Gasteiger partial charge in [0.2, 0.25) is 0 Å². The molecule has 0 aliphatic carbocycles. The number of carbonyl (C=O) groups excluding carboxylic acids is 1. The van der Waals surface area contributed by atoms with Crippen LogP contribution < -0.4 is 20.3 Å². The summed E-state index contributed by atoms with van der Waals surface area (Å²) in [6.07, 6.45) is 3.67. The van der Waals surface area contributed by atoms with Gasteiger partial charge in [-0.05, 0) is 31.3 Å². The quantitative estimate of drug-likeness (QED) is 0.253. The second-order valence-corrected chi connectivity index (χ2v) is 12.7. The Balaban J connectivity index is 1.19. The minimum Gasteiger partial charge on any atom is -0.462 e. The first-order valence-electron chi connectivity index (χ1n) is 15.7. The number of rotatable bonds is 9. The number of nitrogens with zero attached hydrogens (tertiary/aromatic N) is 5. The van der Waals surface area contributed by atoms with Gasteiger partial charge in [-0.3, -0.25) is 9.88 Å². The molecule has 7 rings (SSSR count). The van der Waals surface area contributed by atoms with Crippen molar-refractivity contribution >= 4 is 45.2 Å². The molecule has 0 spiro atoms. The topological polar surface area (TPSA) is 114 Å². The molecule has 3 saturated heterocycles. The van der Waals surface area contributed by atoms with E-state index >= 15 is 4.39 Å². The maximum absolute atomic E-state index is 16.6. The molecule has 242 valence electrons. The lowest BCUT2D eigenvalue weighted by Gasteiger charge is -2.34. The van der Waals surface area contributed by atoms with Crippen LogP contribution in [0.5, 0.6) is 6.01 Å². The number of alkyl carbamates (subject to hydrolysis) is 1. The number of halogens is 2. The second kappa shape index (κ2) is 13.1. The first-order chi connectivity index (χ1) is 22.4. The number of aromatic nitrogens is 3. The summed E-state index contributed by atoms with van der Waals surface area (Å²) < 4.78 is 33.4. The molecule has 13 heteroatoms. The van der Waals surface area contributed by atoms with Gasteiger partial charge in [0.1, 0.15) is 29.7 Å². The van der Waals surface area contributed by atoms with Gasteiger partial charge in [-0.15, -0.1) is 0 Å². The van der Waals surface area contributed by atoms with E-state index in [2.05, 4.69) is 30.4 Å². The normalized spacial score (nSPS) is 22.9. The van der Waals surface area contributed by atoms with E-state index in [-0.39, 0.29) is 36.0 Å². The first kappa shape index (κ1) is 30.8. The largest absolute Gasteiger partial charge is 0.462 e. The van der Waals surface area contributed by atoms with Crippen molar-refractivity contribution in [2.24, 2.45) is 0 Å². The van der Waals surface area contributed by atoms with E-state index in [1.807, 2.05) is 37.4 Å². The third-order valence-electron chi connectivity index (χ3n) is 9.17. The minimum absolute atomic E-state index is 0.0507. The number of benzene rings is 2. The Bertz CT molecular complexity index is 1750. The van der Waals surface area contributed by atoms with Crippen LogP contribution in [0.4, 0.5) is 15.0 Å². The van der Waals surface area contributed by atoms with E-state index in [0.29, 0.717) is 60.0 Å². The van der Waals surface area contributed by atoms with Gasteiger partial charge in [-0.1, -0.05) is 41.9 Å². The summed E-state index contributed by atoms with van der Waals surface area (Å²) in [6.45, 7) is 3.10. The zero-order valence-corrected chi connectivity index (χ0v) is 26.6.